The number of ether oxygens (including phenoxy) is 1. The zero-order valence-electron chi connectivity index (χ0n) is 28.2. The number of amides is 4. The van der Waals surface area contributed by atoms with Crippen molar-refractivity contribution in [2.75, 3.05) is 38.0 Å². The van der Waals surface area contributed by atoms with E-state index in [1.54, 1.807) is 11.1 Å². The molecule has 274 valence electrons. The van der Waals surface area contributed by atoms with E-state index >= 15 is 0 Å². The molecule has 1 N–H and O–H groups in total. The number of urea groups is 1. The van der Waals surface area contributed by atoms with E-state index in [4.69, 9.17) is 4.74 Å². The summed E-state index contributed by atoms with van der Waals surface area (Å²) in [6, 6.07) is 7.94. The molecule has 2 saturated heterocycles. The first-order chi connectivity index (χ1) is 24.0. The monoisotopic (exact) mass is 719 g/mol. The maximum absolute atomic E-state index is 13.6. The summed E-state index contributed by atoms with van der Waals surface area (Å²) < 4.78 is 86.9. The van der Waals surface area contributed by atoms with Gasteiger partial charge in [0, 0.05) is 56.7 Å². The lowest BCUT2D eigenvalue weighted by atomic mass is 9.83. The van der Waals surface area contributed by atoms with Crippen LogP contribution >= 0.6 is 0 Å². The number of carbonyl (C=O) groups is 3. The van der Waals surface area contributed by atoms with Crippen LogP contribution in [0.5, 0.6) is 0 Å². The zero-order chi connectivity index (χ0) is 37.0. The van der Waals surface area contributed by atoms with Crippen LogP contribution in [0.4, 0.5) is 41.6 Å². The van der Waals surface area contributed by atoms with Gasteiger partial charge in [-0.05, 0) is 78.6 Å². The Morgan fingerprint density at radius 3 is 2.24 bits per heavy atom. The van der Waals surface area contributed by atoms with Crippen LogP contribution in [0.25, 0.3) is 0 Å². The predicted octanol–water partition coefficient (Wildman–Crippen LogP) is 7.31. The molecule has 0 bridgehead atoms. The molecule has 2 fully saturated rings. The molecule has 2 aromatic rings. The van der Waals surface area contributed by atoms with Gasteiger partial charge in [-0.3, -0.25) is 4.79 Å². The van der Waals surface area contributed by atoms with E-state index in [0.29, 0.717) is 37.9 Å². The van der Waals surface area contributed by atoms with E-state index in [9.17, 15) is 40.7 Å². The molecule has 0 saturated carbocycles. The van der Waals surface area contributed by atoms with Crippen molar-refractivity contribution in [3.63, 3.8) is 0 Å². The summed E-state index contributed by atoms with van der Waals surface area (Å²) in [5, 5.41) is 2.91. The maximum Gasteiger partial charge on any atom is 0.416 e. The summed E-state index contributed by atoms with van der Waals surface area (Å²) in [5.74, 6) is 1.19. The zero-order valence-corrected chi connectivity index (χ0v) is 28.2. The molecule has 4 amide bonds. The van der Waals surface area contributed by atoms with Crippen LogP contribution < -0.4 is 5.32 Å². The Bertz CT molecular complexity index is 1680. The molecular formula is C36H39F6N5O4. The van der Waals surface area contributed by atoms with Crippen molar-refractivity contribution < 1.29 is 45.5 Å². The van der Waals surface area contributed by atoms with Gasteiger partial charge in [0.05, 0.1) is 17.3 Å². The van der Waals surface area contributed by atoms with Crippen molar-refractivity contribution in [3.8, 4) is 0 Å². The van der Waals surface area contributed by atoms with Crippen molar-refractivity contribution in [2.45, 2.75) is 76.9 Å². The van der Waals surface area contributed by atoms with Crippen molar-refractivity contribution in [3.05, 3.63) is 76.6 Å². The van der Waals surface area contributed by atoms with E-state index in [2.05, 4.69) is 35.8 Å². The minimum Gasteiger partial charge on any atom is -0.435 e. The van der Waals surface area contributed by atoms with Crippen molar-refractivity contribution >= 4 is 29.6 Å². The Labute approximate surface area is 291 Å². The van der Waals surface area contributed by atoms with Gasteiger partial charge >= 0.3 is 24.5 Å². The van der Waals surface area contributed by atoms with E-state index < -0.39 is 53.6 Å². The fraction of sp³-hybridized carbons (Fsp3) is 0.500. The number of anilines is 1. The fourth-order valence-electron chi connectivity index (χ4n) is 6.36. The van der Waals surface area contributed by atoms with Crippen LogP contribution in [-0.4, -0.2) is 83.5 Å². The van der Waals surface area contributed by atoms with Gasteiger partial charge in [0.2, 0.25) is 0 Å². The Kier molecular flexibility index (Phi) is 11.2. The fourth-order valence-corrected chi connectivity index (χ4v) is 6.36. The first-order valence-corrected chi connectivity index (χ1v) is 16.7. The smallest absolute Gasteiger partial charge is 0.416 e. The van der Waals surface area contributed by atoms with Gasteiger partial charge in [0.25, 0.3) is 5.91 Å². The number of hydrogen-bond donors (Lipinski definition) is 1. The molecule has 0 aromatic heterocycles. The molecule has 15 heteroatoms. The Balaban J connectivity index is 1.30. The standard InChI is InChI=1S/C36H39F6N5O4/c1-34(2)11-18-45(19-12-34)14-5-13-43-31(48)30(22-24-20-26(35(37,38)39)23-27(21-24)36(40,41)42)51-33(50)46-15-9-28(10-16-46)47-17-8-25-6-3-4-7-29(25)44-32(47)49/h3-4,6-7,14,20-21,23,28,30H,8-12,15-19,22H2,1-2H3,(H,44,49)/t30-/m1/s1. The molecular weight excluding hydrogens is 680 g/mol. The van der Waals surface area contributed by atoms with Gasteiger partial charge in [-0.1, -0.05) is 32.0 Å². The number of rotatable bonds is 6. The second-order valence-corrected chi connectivity index (χ2v) is 13.8. The number of likely N-dealkylation sites (tertiary alicyclic amines) is 2. The van der Waals surface area contributed by atoms with Crippen molar-refractivity contribution in [1.82, 2.24) is 14.7 Å². The molecule has 3 heterocycles. The highest BCUT2D eigenvalue weighted by Gasteiger charge is 2.38. The maximum atomic E-state index is 13.6. The molecule has 9 nitrogen and oxygen atoms in total. The molecule has 51 heavy (non-hydrogen) atoms. The highest BCUT2D eigenvalue weighted by atomic mass is 19.4. The number of para-hydroxylation sites is 1. The first-order valence-electron chi connectivity index (χ1n) is 16.7. The molecule has 0 unspecified atom stereocenters. The summed E-state index contributed by atoms with van der Waals surface area (Å²) in [5.41, 5.74) is 0.891. The van der Waals surface area contributed by atoms with Crippen molar-refractivity contribution in [1.29, 1.82) is 0 Å². The van der Waals surface area contributed by atoms with Crippen LogP contribution in [0, 0.1) is 5.41 Å². The molecule has 0 radical (unpaired) electrons. The van der Waals surface area contributed by atoms with Gasteiger partial charge in [0.15, 0.2) is 6.10 Å². The Morgan fingerprint density at radius 1 is 0.980 bits per heavy atom. The number of nitrogens with one attached hydrogen (secondary N) is 1. The average Bonchev–Trinajstić information content (AvgIpc) is 3.24. The highest BCUT2D eigenvalue weighted by molar-refractivity contribution is 5.91. The topological polar surface area (TPSA) is 94.6 Å². The minimum absolute atomic E-state index is 0.0207. The van der Waals surface area contributed by atoms with E-state index in [1.807, 2.05) is 29.2 Å². The quantitative estimate of drug-likeness (QED) is 0.192. The van der Waals surface area contributed by atoms with Crippen LogP contribution in [0.15, 0.2) is 59.4 Å². The SMILES string of the molecule is CC1(C)CCN(C=C=C=NC(=O)[C@@H](Cc2cc(C(F)(F)F)cc(C(F)(F)F)c2)OC(=O)N2CCC(N3CCc4ccccc4NC3=O)CC2)CC1. The third kappa shape index (κ3) is 9.95. The third-order valence-electron chi connectivity index (χ3n) is 9.52. The molecule has 1 atom stereocenters. The van der Waals surface area contributed by atoms with Gasteiger partial charge in [-0.25, -0.2) is 9.59 Å². The first kappa shape index (κ1) is 37.5. The third-order valence-corrected chi connectivity index (χ3v) is 9.52. The van der Waals surface area contributed by atoms with Crippen LogP contribution in [0.2, 0.25) is 0 Å². The highest BCUT2D eigenvalue weighted by Crippen LogP contribution is 2.37. The molecule has 3 aliphatic rings. The number of piperidine rings is 2. The van der Waals surface area contributed by atoms with Crippen LogP contribution in [0.1, 0.15) is 61.8 Å². The molecule has 0 aliphatic carbocycles. The van der Waals surface area contributed by atoms with Gasteiger partial charge in [-0.2, -0.15) is 31.3 Å². The summed E-state index contributed by atoms with van der Waals surface area (Å²) in [7, 11) is 0. The van der Waals surface area contributed by atoms with Gasteiger partial charge < -0.3 is 24.8 Å². The minimum atomic E-state index is -5.11. The Hall–Kier alpha value is -4.74. The molecule has 3 aliphatic heterocycles. The van der Waals surface area contributed by atoms with Gasteiger partial charge in [-0.15, -0.1) is 0 Å². The number of halogens is 6. The second kappa shape index (κ2) is 15.2. The van der Waals surface area contributed by atoms with Crippen LogP contribution in [0.3, 0.4) is 0 Å². The summed E-state index contributed by atoms with van der Waals surface area (Å²) in [6.45, 7) is 6.50. The summed E-state index contributed by atoms with van der Waals surface area (Å²) in [4.78, 5) is 48.1. The van der Waals surface area contributed by atoms with E-state index in [1.165, 1.54) is 4.90 Å². The number of alkyl halides is 6. The van der Waals surface area contributed by atoms with E-state index in [-0.39, 0.29) is 36.6 Å². The molecule has 2 aromatic carbocycles. The number of aliphatic imine (C=N–C) groups is 1. The predicted molar refractivity (Wildman–Crippen MR) is 176 cm³/mol. The number of nitrogens with zero attached hydrogens (tertiary/aromatic N) is 4. The Morgan fingerprint density at radius 2 is 1.61 bits per heavy atom. The average molecular weight is 720 g/mol. The normalized spacial score (nSPS) is 18.7. The van der Waals surface area contributed by atoms with Crippen LogP contribution in [-0.2, 0) is 34.7 Å². The van der Waals surface area contributed by atoms with E-state index in [0.717, 1.165) is 37.2 Å². The number of hydrogen-bond acceptors (Lipinski definition) is 5. The lowest BCUT2D eigenvalue weighted by Gasteiger charge is -2.37. The lowest BCUT2D eigenvalue weighted by molar-refractivity contribution is -0.143. The summed E-state index contributed by atoms with van der Waals surface area (Å²) in [6.07, 6.45) is -9.10. The number of benzene rings is 2. The largest absolute Gasteiger partial charge is 0.435 e. The number of carbonyl (C=O) groups excluding carboxylic acids is 3. The molecule has 5 rings (SSSR count). The molecule has 0 spiro atoms. The second-order valence-electron chi connectivity index (χ2n) is 13.8. The number of fused-ring (bicyclic) bond motifs is 1. The van der Waals surface area contributed by atoms with Gasteiger partial charge in [0.1, 0.15) is 0 Å². The lowest BCUT2D eigenvalue weighted by Crippen LogP contribution is -2.50. The summed E-state index contributed by atoms with van der Waals surface area (Å²) >= 11 is 0. The van der Waals surface area contributed by atoms with Crippen molar-refractivity contribution in [2.24, 2.45) is 10.4 Å².